The van der Waals surface area contributed by atoms with E-state index in [1.54, 1.807) is 4.58 Å². The van der Waals surface area contributed by atoms with E-state index in [4.69, 9.17) is 20.0 Å². The van der Waals surface area contributed by atoms with Gasteiger partial charge in [0, 0.05) is 16.3 Å². The highest BCUT2D eigenvalue weighted by molar-refractivity contribution is 6.18. The number of hydrogen-bond acceptors (Lipinski definition) is 5. The van der Waals surface area contributed by atoms with Crippen LogP contribution in [0.15, 0.2) is 104 Å². The lowest BCUT2D eigenvalue weighted by atomic mass is 9.94. The minimum absolute atomic E-state index is 0.0309. The predicted octanol–water partition coefficient (Wildman–Crippen LogP) is 3.09. The predicted molar refractivity (Wildman–Crippen MR) is 151 cm³/mol. The van der Waals surface area contributed by atoms with Crippen molar-refractivity contribution in [3.8, 4) is 0 Å². The van der Waals surface area contributed by atoms with Crippen LogP contribution >= 0.6 is 0 Å². The highest BCUT2D eigenvalue weighted by Crippen LogP contribution is 2.54. The zero-order valence-electron chi connectivity index (χ0n) is 22.7. The smallest absolute Gasteiger partial charge is 0.218 e. The maximum absolute atomic E-state index is 16.0. The summed E-state index contributed by atoms with van der Waals surface area (Å²) in [4.78, 5) is 22.5. The highest BCUT2D eigenvalue weighted by atomic mass is 19.2. The van der Waals surface area contributed by atoms with Gasteiger partial charge in [-0.3, -0.25) is 0 Å². The minimum atomic E-state index is -1.90. The number of rotatable bonds is 0. The number of allylic oxidation sites excluding steroid dienone is 3. The zero-order valence-corrected chi connectivity index (χ0v) is 22.7. The molecule has 3 unspecified atom stereocenters. The molecule has 4 aromatic rings. The van der Waals surface area contributed by atoms with Gasteiger partial charge in [-0.2, -0.15) is 4.57 Å². The van der Waals surface area contributed by atoms with E-state index in [0.717, 1.165) is 27.5 Å². The molecular weight excluding hydrogens is 584 g/mol. The van der Waals surface area contributed by atoms with Gasteiger partial charge in [0.1, 0.15) is 11.1 Å². The number of halogens is 4. The third-order valence-electron chi connectivity index (χ3n) is 10.1. The fourth-order valence-electron chi connectivity index (χ4n) is 8.42. The van der Waals surface area contributed by atoms with E-state index in [1.807, 2.05) is 82.0 Å². The molecule has 3 atom stereocenters. The topological polar surface area (TPSA) is 63.6 Å². The minimum Gasteiger partial charge on any atom is -0.218 e. The Morgan fingerprint density at radius 1 is 0.689 bits per heavy atom. The van der Waals surface area contributed by atoms with Gasteiger partial charge in [0.05, 0.1) is 17.0 Å². The number of fused-ring (bicyclic) bond motifs is 11. The Labute approximate surface area is 248 Å². The number of nitrogens with zero attached hydrogens (tertiary/aromatic N) is 8. The van der Waals surface area contributed by atoms with Crippen LogP contribution in [0.25, 0.3) is 10.8 Å². The number of aromatic nitrogens is 1. The number of amidine groups is 4. The second-order valence-electron chi connectivity index (χ2n) is 11.9. The monoisotopic (exact) mass is 598 g/mol. The Hall–Kier alpha value is -5.78. The van der Waals surface area contributed by atoms with Crippen molar-refractivity contribution >= 4 is 34.1 Å². The lowest BCUT2D eigenvalue weighted by Crippen LogP contribution is -2.77. The summed E-state index contributed by atoms with van der Waals surface area (Å²) >= 11 is 0. The molecule has 1 aliphatic carbocycles. The third kappa shape index (κ3) is 2.08. The fraction of sp³-hybridized carbons (Fsp3) is 0.0909. The van der Waals surface area contributed by atoms with E-state index in [1.165, 1.54) is 0 Å². The number of aliphatic imine (C=N–C) groups is 2. The van der Waals surface area contributed by atoms with Gasteiger partial charge in [-0.05, 0) is 24.3 Å². The third-order valence-corrected chi connectivity index (χ3v) is 10.1. The molecule has 0 saturated carbocycles. The average molecular weight is 599 g/mol. The van der Waals surface area contributed by atoms with E-state index >= 15 is 17.6 Å². The SMILES string of the molecule is Fc1c(F)c(F)c2c(c1F)C1=NC3C4C=CC=CC4=C4N=C5c6ccccc6C6=[N+]5C5(N43)n3c(c4ccccc4c3=NC2=[N+]15)=N6. The van der Waals surface area contributed by atoms with Crippen LogP contribution in [0.1, 0.15) is 22.3 Å². The van der Waals surface area contributed by atoms with E-state index < -0.39 is 46.5 Å². The molecule has 1 spiro atoms. The van der Waals surface area contributed by atoms with Crippen LogP contribution in [0.5, 0.6) is 0 Å². The maximum Gasteiger partial charge on any atom is 0.401 e. The molecule has 0 fully saturated rings. The van der Waals surface area contributed by atoms with Crippen molar-refractivity contribution in [3.05, 3.63) is 141 Å². The summed E-state index contributed by atoms with van der Waals surface area (Å²) in [5.74, 6) is -6.86. The first-order valence-electron chi connectivity index (χ1n) is 14.4. The molecule has 0 N–H and O–H groups in total. The first kappa shape index (κ1) is 22.7. The van der Waals surface area contributed by atoms with Crippen molar-refractivity contribution in [1.29, 1.82) is 0 Å². The molecule has 7 aliphatic heterocycles. The first-order chi connectivity index (χ1) is 22.0. The lowest BCUT2D eigenvalue weighted by Gasteiger charge is -2.47. The molecule has 45 heavy (non-hydrogen) atoms. The molecule has 3 aromatic carbocycles. The first-order valence-corrected chi connectivity index (χ1v) is 14.4. The van der Waals surface area contributed by atoms with Gasteiger partial charge in [-0.25, -0.2) is 22.5 Å². The standard InChI is InChI=1S/C33H14F4N8/c34-21-19-20(22(35)24(37)23(21)36)32-41-30-18-12-6-4-10-16(18)28-39-26-14-8-2-1-7-13(14)25-38-27-15-9-3-5-11-17(15)29-40-31(19)45(32)33(42(25)26,43(27)29)44(28)30/h1-12,17,29H/q+2. The van der Waals surface area contributed by atoms with Gasteiger partial charge in [0.15, 0.2) is 23.3 Å². The van der Waals surface area contributed by atoms with Crippen LogP contribution in [-0.2, 0) is 5.91 Å². The van der Waals surface area contributed by atoms with Gasteiger partial charge in [0.2, 0.25) is 23.0 Å². The second kappa shape index (κ2) is 6.80. The van der Waals surface area contributed by atoms with Crippen molar-refractivity contribution < 1.29 is 26.7 Å². The summed E-state index contributed by atoms with van der Waals surface area (Å²) in [6, 6.07) is 15.4. The molecule has 1 aromatic heterocycles. The zero-order chi connectivity index (χ0) is 29.7. The molecule has 12 heteroatoms. The van der Waals surface area contributed by atoms with Gasteiger partial charge >= 0.3 is 5.91 Å². The fourth-order valence-corrected chi connectivity index (χ4v) is 8.42. The largest absolute Gasteiger partial charge is 0.401 e. The summed E-state index contributed by atoms with van der Waals surface area (Å²) < 4.78 is 67.5. The van der Waals surface area contributed by atoms with E-state index in [-0.39, 0.29) is 17.6 Å². The summed E-state index contributed by atoms with van der Waals surface area (Å²) in [6.07, 6.45) is 7.16. The number of hydrogen-bond donors (Lipinski definition) is 0. The molecule has 0 amide bonds. The Bertz CT molecular complexity index is 2670. The summed E-state index contributed by atoms with van der Waals surface area (Å²) in [7, 11) is 0. The van der Waals surface area contributed by atoms with Crippen molar-refractivity contribution in [1.82, 2.24) is 9.47 Å². The lowest BCUT2D eigenvalue weighted by molar-refractivity contribution is -0.818. The molecule has 0 saturated heterocycles. The molecule has 8 heterocycles. The molecule has 0 bridgehead atoms. The van der Waals surface area contributed by atoms with Gasteiger partial charge in [-0.15, -0.1) is 14.1 Å². The van der Waals surface area contributed by atoms with Crippen molar-refractivity contribution in [2.24, 2.45) is 25.9 Å². The van der Waals surface area contributed by atoms with Crippen LogP contribution in [0, 0.1) is 29.2 Å². The maximum atomic E-state index is 16.0. The Balaban J connectivity index is 1.39. The summed E-state index contributed by atoms with van der Waals surface area (Å²) in [6.45, 7) is 0. The Kier molecular flexibility index (Phi) is 3.43. The van der Waals surface area contributed by atoms with E-state index in [9.17, 15) is 0 Å². The number of benzene rings is 3. The highest BCUT2D eigenvalue weighted by Gasteiger charge is 2.75. The van der Waals surface area contributed by atoms with Gasteiger partial charge in [0.25, 0.3) is 23.3 Å². The van der Waals surface area contributed by atoms with Crippen molar-refractivity contribution in [2.75, 3.05) is 0 Å². The second-order valence-corrected chi connectivity index (χ2v) is 11.9. The van der Waals surface area contributed by atoms with Crippen molar-refractivity contribution in [2.45, 2.75) is 12.1 Å². The summed E-state index contributed by atoms with van der Waals surface area (Å²) in [5, 5.41) is 1.52. The molecule has 0 radical (unpaired) electrons. The Morgan fingerprint density at radius 3 is 2.13 bits per heavy atom. The van der Waals surface area contributed by atoms with E-state index in [2.05, 4.69) is 4.90 Å². The molecule has 8 nitrogen and oxygen atoms in total. The van der Waals surface area contributed by atoms with Crippen LogP contribution in [0.2, 0.25) is 0 Å². The average Bonchev–Trinajstić information content (AvgIpc) is 3.79. The normalized spacial score (nSPS) is 26.0. The van der Waals surface area contributed by atoms with Gasteiger partial charge < -0.3 is 0 Å². The molecule has 8 aliphatic rings. The molecule has 212 valence electrons. The van der Waals surface area contributed by atoms with E-state index in [0.29, 0.717) is 28.5 Å². The molecule has 12 rings (SSSR count). The van der Waals surface area contributed by atoms with Gasteiger partial charge in [-0.1, -0.05) is 63.5 Å². The molecular formula is C33H14F4N8+2. The van der Waals surface area contributed by atoms with Crippen LogP contribution < -0.4 is 11.0 Å². The quantitative estimate of drug-likeness (QED) is 0.133. The van der Waals surface area contributed by atoms with Crippen LogP contribution in [0.4, 0.5) is 17.6 Å². The van der Waals surface area contributed by atoms with Crippen molar-refractivity contribution in [3.63, 3.8) is 0 Å². The van der Waals surface area contributed by atoms with Crippen LogP contribution in [0.3, 0.4) is 0 Å². The van der Waals surface area contributed by atoms with Crippen LogP contribution in [-0.4, -0.2) is 48.1 Å². The summed E-state index contributed by atoms with van der Waals surface area (Å²) in [5.41, 5.74) is 2.68. The Morgan fingerprint density at radius 2 is 1.36 bits per heavy atom.